The van der Waals surface area contributed by atoms with E-state index in [4.69, 9.17) is 4.42 Å². The lowest BCUT2D eigenvalue weighted by Crippen LogP contribution is -2.33. The maximum Gasteiger partial charge on any atom is 0.289 e. The van der Waals surface area contributed by atoms with Crippen LogP contribution in [0.3, 0.4) is 0 Å². The molecule has 1 aromatic rings. The Hall–Kier alpha value is -1.33. The van der Waals surface area contributed by atoms with Gasteiger partial charge >= 0.3 is 0 Å². The van der Waals surface area contributed by atoms with E-state index in [1.807, 2.05) is 11.8 Å². The molecule has 24 heavy (non-hydrogen) atoms. The Morgan fingerprint density at radius 3 is 2.46 bits per heavy atom. The van der Waals surface area contributed by atoms with Crippen LogP contribution >= 0.6 is 12.4 Å². The van der Waals surface area contributed by atoms with Crippen LogP contribution in [0.15, 0.2) is 4.42 Å². The fraction of sp³-hybridized carbons (Fsp3) is 0.667. The first kappa shape index (κ1) is 17.5. The van der Waals surface area contributed by atoms with Gasteiger partial charge < -0.3 is 14.6 Å². The van der Waals surface area contributed by atoms with Crippen LogP contribution in [0.1, 0.15) is 57.9 Å². The summed E-state index contributed by atoms with van der Waals surface area (Å²) in [5, 5.41) is 3.46. The zero-order valence-corrected chi connectivity index (χ0v) is 14.9. The van der Waals surface area contributed by atoms with E-state index in [9.17, 15) is 9.59 Å². The van der Waals surface area contributed by atoms with Gasteiger partial charge in [0, 0.05) is 31.5 Å². The van der Waals surface area contributed by atoms with Gasteiger partial charge in [-0.15, -0.1) is 12.4 Å². The molecular formula is C18H25ClN2O3. The van der Waals surface area contributed by atoms with Crippen molar-refractivity contribution in [2.45, 2.75) is 39.0 Å². The number of fused-ring (bicyclic) bond motifs is 2. The molecule has 1 amide bonds. The summed E-state index contributed by atoms with van der Waals surface area (Å²) in [6, 6.07) is 0. The van der Waals surface area contributed by atoms with E-state index in [2.05, 4.69) is 5.32 Å². The van der Waals surface area contributed by atoms with Crippen molar-refractivity contribution >= 4 is 24.1 Å². The molecule has 1 N–H and O–H groups in total. The number of hydrogen-bond acceptors (Lipinski definition) is 4. The van der Waals surface area contributed by atoms with Gasteiger partial charge in [0.1, 0.15) is 5.76 Å². The average molecular weight is 353 g/mol. The molecular weight excluding hydrogens is 328 g/mol. The van der Waals surface area contributed by atoms with Crippen molar-refractivity contribution in [3.8, 4) is 0 Å². The van der Waals surface area contributed by atoms with Gasteiger partial charge in [-0.1, -0.05) is 0 Å². The number of amides is 1. The first-order chi connectivity index (χ1) is 11.1. The lowest BCUT2D eigenvalue weighted by molar-refractivity contribution is 0.0723. The molecule has 0 bridgehead atoms. The van der Waals surface area contributed by atoms with Gasteiger partial charge in [-0.3, -0.25) is 9.59 Å². The van der Waals surface area contributed by atoms with Crippen LogP contribution in [0.25, 0.3) is 0 Å². The quantitative estimate of drug-likeness (QED) is 0.843. The van der Waals surface area contributed by atoms with Gasteiger partial charge in [-0.2, -0.15) is 0 Å². The van der Waals surface area contributed by atoms with Crippen LogP contribution in [0.5, 0.6) is 0 Å². The van der Waals surface area contributed by atoms with Crippen LogP contribution in [-0.2, 0) is 6.42 Å². The third-order valence-electron chi connectivity index (χ3n) is 5.81. The average Bonchev–Trinajstić information content (AvgIpc) is 3.07. The lowest BCUT2D eigenvalue weighted by atomic mass is 9.92. The maximum absolute atomic E-state index is 12.9. The van der Waals surface area contributed by atoms with Crippen LogP contribution in [0.2, 0.25) is 0 Å². The molecule has 0 unspecified atom stereocenters. The molecule has 0 aromatic carbocycles. The molecule has 2 aliphatic heterocycles. The molecule has 3 heterocycles. The summed E-state index contributed by atoms with van der Waals surface area (Å²) >= 11 is 0. The monoisotopic (exact) mass is 352 g/mol. The second-order valence-corrected chi connectivity index (χ2v) is 7.18. The standard InChI is InChI=1S/C18H24N2O3.ClH/c1-11-16-14(21)3-2-4-15(16)23-17(11)18(22)20-7-5-12-9-19-10-13(12)6-8-20;/h12-13,19H,2-10H2,1H3;1H/t12-,13+;. The molecule has 132 valence electrons. The Kier molecular flexibility index (Phi) is 5.02. The highest BCUT2D eigenvalue weighted by atomic mass is 35.5. The highest BCUT2D eigenvalue weighted by Gasteiger charge is 2.34. The Morgan fingerprint density at radius 2 is 1.83 bits per heavy atom. The van der Waals surface area contributed by atoms with Crippen molar-refractivity contribution in [1.82, 2.24) is 10.2 Å². The number of nitrogens with one attached hydrogen (secondary N) is 1. The fourth-order valence-electron chi connectivity index (χ4n) is 4.42. The van der Waals surface area contributed by atoms with Gasteiger partial charge in [0.15, 0.2) is 11.5 Å². The number of carbonyl (C=O) groups excluding carboxylic acids is 2. The topological polar surface area (TPSA) is 62.6 Å². The van der Waals surface area contributed by atoms with E-state index in [0.29, 0.717) is 29.6 Å². The highest BCUT2D eigenvalue weighted by molar-refractivity contribution is 6.03. The number of ketones is 1. The molecule has 6 heteroatoms. The number of likely N-dealkylation sites (tertiary alicyclic amines) is 1. The van der Waals surface area contributed by atoms with Crippen molar-refractivity contribution in [3.05, 3.63) is 22.6 Å². The fourth-order valence-corrected chi connectivity index (χ4v) is 4.42. The number of halogens is 1. The van der Waals surface area contributed by atoms with Crippen molar-refractivity contribution in [3.63, 3.8) is 0 Å². The van der Waals surface area contributed by atoms with E-state index >= 15 is 0 Å². The molecule has 0 saturated carbocycles. The van der Waals surface area contributed by atoms with E-state index in [1.54, 1.807) is 0 Å². The summed E-state index contributed by atoms with van der Waals surface area (Å²) in [7, 11) is 0. The summed E-state index contributed by atoms with van der Waals surface area (Å²) in [5.74, 6) is 2.61. The Labute approximate surface area is 148 Å². The third kappa shape index (κ3) is 2.88. The van der Waals surface area contributed by atoms with Crippen LogP contribution in [0, 0.1) is 18.8 Å². The van der Waals surface area contributed by atoms with Crippen molar-refractivity contribution < 1.29 is 14.0 Å². The summed E-state index contributed by atoms with van der Waals surface area (Å²) in [6.07, 6.45) is 4.28. The predicted octanol–water partition coefficient (Wildman–Crippen LogP) is 2.60. The Balaban J connectivity index is 0.00000169. The van der Waals surface area contributed by atoms with Crippen molar-refractivity contribution in [2.24, 2.45) is 11.8 Å². The second kappa shape index (κ2) is 6.89. The van der Waals surface area contributed by atoms with Gasteiger partial charge in [0.05, 0.1) is 5.56 Å². The molecule has 1 aliphatic carbocycles. The van der Waals surface area contributed by atoms with Crippen LogP contribution in [-0.4, -0.2) is 42.8 Å². The van der Waals surface area contributed by atoms with Crippen molar-refractivity contribution in [2.75, 3.05) is 26.2 Å². The molecule has 0 radical (unpaired) electrons. The summed E-state index contributed by atoms with van der Waals surface area (Å²) in [6.45, 7) is 5.60. The van der Waals surface area contributed by atoms with Crippen molar-refractivity contribution in [1.29, 1.82) is 0 Å². The minimum Gasteiger partial charge on any atom is -0.455 e. The zero-order valence-electron chi connectivity index (χ0n) is 14.1. The summed E-state index contributed by atoms with van der Waals surface area (Å²) in [5.41, 5.74) is 1.43. The maximum atomic E-state index is 12.9. The minimum absolute atomic E-state index is 0. The number of carbonyl (C=O) groups is 2. The number of aryl methyl sites for hydroxylation is 1. The normalized spacial score (nSPS) is 26.4. The molecule has 5 nitrogen and oxygen atoms in total. The zero-order chi connectivity index (χ0) is 16.0. The molecule has 0 spiro atoms. The first-order valence-corrected chi connectivity index (χ1v) is 8.80. The molecule has 2 saturated heterocycles. The minimum atomic E-state index is -0.0300. The third-order valence-corrected chi connectivity index (χ3v) is 5.81. The molecule has 2 atom stereocenters. The van der Waals surface area contributed by atoms with Crippen LogP contribution < -0.4 is 5.32 Å². The Morgan fingerprint density at radius 1 is 1.17 bits per heavy atom. The molecule has 1 aromatic heterocycles. The van der Waals surface area contributed by atoms with Gasteiger partial charge in [0.2, 0.25) is 0 Å². The highest BCUT2D eigenvalue weighted by Crippen LogP contribution is 2.32. The number of Topliss-reactive ketones (excluding diaryl/α,β-unsaturated/α-hetero) is 1. The lowest BCUT2D eigenvalue weighted by Gasteiger charge is -2.20. The molecule has 2 fully saturated rings. The van der Waals surface area contributed by atoms with E-state index in [0.717, 1.165) is 63.2 Å². The SMILES string of the molecule is Cc1c(C(=O)N2CC[C@@H]3CNC[C@@H]3CC2)oc2c1C(=O)CCC2.Cl. The predicted molar refractivity (Wildman–Crippen MR) is 92.9 cm³/mol. The summed E-state index contributed by atoms with van der Waals surface area (Å²) in [4.78, 5) is 27.0. The smallest absolute Gasteiger partial charge is 0.289 e. The van der Waals surface area contributed by atoms with E-state index in [1.165, 1.54) is 0 Å². The number of hydrogen-bond donors (Lipinski definition) is 1. The largest absolute Gasteiger partial charge is 0.455 e. The van der Waals surface area contributed by atoms with Gasteiger partial charge in [0.25, 0.3) is 5.91 Å². The molecule has 4 rings (SSSR count). The Bertz CT molecular complexity index is 641. The first-order valence-electron chi connectivity index (χ1n) is 8.80. The van der Waals surface area contributed by atoms with Gasteiger partial charge in [-0.05, 0) is 51.1 Å². The molecule has 3 aliphatic rings. The summed E-state index contributed by atoms with van der Waals surface area (Å²) < 4.78 is 5.83. The number of nitrogens with zero attached hydrogens (tertiary/aromatic N) is 1. The van der Waals surface area contributed by atoms with E-state index in [-0.39, 0.29) is 24.1 Å². The second-order valence-electron chi connectivity index (χ2n) is 7.18. The van der Waals surface area contributed by atoms with Gasteiger partial charge in [-0.25, -0.2) is 0 Å². The number of rotatable bonds is 1. The van der Waals surface area contributed by atoms with E-state index < -0.39 is 0 Å². The van der Waals surface area contributed by atoms with Crippen LogP contribution in [0.4, 0.5) is 0 Å². The number of furan rings is 1.